The topological polar surface area (TPSA) is 88.1 Å². The number of carboxylic acid groups (broad SMARTS) is 1. The highest BCUT2D eigenvalue weighted by Crippen LogP contribution is 2.22. The Kier molecular flexibility index (Phi) is 5.19. The second-order valence-electron chi connectivity index (χ2n) is 5.20. The number of carboxylic acids is 1. The molecule has 2 amide bonds. The van der Waals surface area contributed by atoms with Gasteiger partial charge in [0, 0.05) is 25.6 Å². The van der Waals surface area contributed by atoms with Crippen molar-refractivity contribution in [3.05, 3.63) is 0 Å². The first-order valence-electron chi connectivity index (χ1n) is 7.10. The van der Waals surface area contributed by atoms with E-state index in [-0.39, 0.29) is 25.3 Å². The van der Waals surface area contributed by atoms with Gasteiger partial charge in [-0.15, -0.1) is 0 Å². The summed E-state index contributed by atoms with van der Waals surface area (Å²) in [6.07, 6.45) is 1.19. The summed E-state index contributed by atoms with van der Waals surface area (Å²) in [7, 11) is 0. The maximum absolute atomic E-state index is 12.0. The smallest absolute Gasteiger partial charge is 0.334 e. The summed E-state index contributed by atoms with van der Waals surface area (Å²) < 4.78 is 10.7. The summed E-state index contributed by atoms with van der Waals surface area (Å²) in [5, 5.41) is 11.8. The fourth-order valence-electron chi connectivity index (χ4n) is 2.69. The van der Waals surface area contributed by atoms with Crippen molar-refractivity contribution < 1.29 is 24.2 Å². The van der Waals surface area contributed by atoms with Crippen molar-refractivity contribution >= 4 is 12.0 Å². The third-order valence-electron chi connectivity index (χ3n) is 3.89. The molecule has 7 nitrogen and oxygen atoms in total. The Hall–Kier alpha value is -1.34. The zero-order chi connectivity index (χ0) is 14.5. The molecule has 2 N–H and O–H groups in total. The Bertz CT molecular complexity index is 363. The summed E-state index contributed by atoms with van der Waals surface area (Å²) in [6.45, 7) is 4.18. The van der Waals surface area contributed by atoms with Gasteiger partial charge < -0.3 is 24.8 Å². The van der Waals surface area contributed by atoms with Crippen LogP contribution in [0.3, 0.4) is 0 Å². The van der Waals surface area contributed by atoms with E-state index in [1.54, 1.807) is 0 Å². The van der Waals surface area contributed by atoms with Crippen LogP contribution >= 0.6 is 0 Å². The van der Waals surface area contributed by atoms with Crippen molar-refractivity contribution in [2.24, 2.45) is 5.92 Å². The Balaban J connectivity index is 1.78. The van der Waals surface area contributed by atoms with E-state index in [2.05, 4.69) is 12.2 Å². The third-order valence-corrected chi connectivity index (χ3v) is 3.89. The van der Waals surface area contributed by atoms with Crippen molar-refractivity contribution in [3.63, 3.8) is 0 Å². The van der Waals surface area contributed by atoms with Crippen LogP contribution < -0.4 is 5.32 Å². The van der Waals surface area contributed by atoms with E-state index in [9.17, 15) is 9.59 Å². The van der Waals surface area contributed by atoms with Gasteiger partial charge in [0.25, 0.3) is 0 Å². The monoisotopic (exact) mass is 286 g/mol. The van der Waals surface area contributed by atoms with Gasteiger partial charge in [-0.2, -0.15) is 0 Å². The van der Waals surface area contributed by atoms with Crippen molar-refractivity contribution in [2.75, 3.05) is 32.8 Å². The molecule has 20 heavy (non-hydrogen) atoms. The molecule has 2 aliphatic heterocycles. The summed E-state index contributed by atoms with van der Waals surface area (Å²) >= 11 is 0. The minimum absolute atomic E-state index is 0.0968. The largest absolute Gasteiger partial charge is 0.479 e. The van der Waals surface area contributed by atoms with Gasteiger partial charge in [-0.3, -0.25) is 0 Å². The van der Waals surface area contributed by atoms with Crippen LogP contribution in [0.1, 0.15) is 19.8 Å². The number of ether oxygens (including phenoxy) is 2. The lowest BCUT2D eigenvalue weighted by atomic mass is 10.00. The fourth-order valence-corrected chi connectivity index (χ4v) is 2.69. The second kappa shape index (κ2) is 6.90. The van der Waals surface area contributed by atoms with E-state index in [0.717, 1.165) is 19.4 Å². The summed E-state index contributed by atoms with van der Waals surface area (Å²) in [5.74, 6) is -0.682. The molecule has 2 saturated heterocycles. The van der Waals surface area contributed by atoms with Gasteiger partial charge in [0.2, 0.25) is 0 Å². The molecule has 0 aromatic heterocycles. The maximum atomic E-state index is 12.0. The van der Waals surface area contributed by atoms with Crippen LogP contribution in [0.5, 0.6) is 0 Å². The van der Waals surface area contributed by atoms with E-state index >= 15 is 0 Å². The average Bonchev–Trinajstić information content (AvgIpc) is 2.92. The summed E-state index contributed by atoms with van der Waals surface area (Å²) in [4.78, 5) is 24.4. The second-order valence-corrected chi connectivity index (χ2v) is 5.20. The van der Waals surface area contributed by atoms with E-state index in [1.807, 2.05) is 0 Å². The number of rotatable bonds is 4. The number of carbonyl (C=O) groups is 2. The lowest BCUT2D eigenvalue weighted by molar-refractivity contribution is -0.154. The molecular formula is C13H22N2O5. The molecule has 3 unspecified atom stereocenters. The van der Waals surface area contributed by atoms with Gasteiger partial charge in [0.15, 0.2) is 6.10 Å². The molecule has 0 spiro atoms. The zero-order valence-electron chi connectivity index (χ0n) is 11.7. The number of nitrogens with zero attached hydrogens (tertiary/aromatic N) is 1. The first-order chi connectivity index (χ1) is 9.61. The van der Waals surface area contributed by atoms with Crippen LogP contribution in [0.15, 0.2) is 0 Å². The Morgan fingerprint density at radius 2 is 2.15 bits per heavy atom. The highest BCUT2D eigenvalue weighted by atomic mass is 16.5. The predicted octanol–water partition coefficient (Wildman–Crippen LogP) is 0.297. The normalized spacial score (nSPS) is 30.2. The maximum Gasteiger partial charge on any atom is 0.334 e. The predicted molar refractivity (Wildman–Crippen MR) is 70.5 cm³/mol. The van der Waals surface area contributed by atoms with Crippen LogP contribution in [-0.4, -0.2) is 67.1 Å². The van der Waals surface area contributed by atoms with Crippen LogP contribution in [0.4, 0.5) is 4.79 Å². The molecule has 3 atom stereocenters. The molecule has 2 fully saturated rings. The highest BCUT2D eigenvalue weighted by molar-refractivity contribution is 5.77. The standard InChI is InChI=1S/C13H22N2O5/c1-2-10-9(3-5-19-10)7-14-13(18)15-4-6-20-11(8-15)12(16)17/h9-11H,2-8H2,1H3,(H,14,18)(H,16,17). The van der Waals surface area contributed by atoms with Crippen molar-refractivity contribution in [1.82, 2.24) is 10.2 Å². The molecule has 0 bridgehead atoms. The Morgan fingerprint density at radius 3 is 2.85 bits per heavy atom. The molecule has 0 radical (unpaired) electrons. The molecule has 2 aliphatic rings. The molecule has 0 saturated carbocycles. The fraction of sp³-hybridized carbons (Fsp3) is 0.846. The SMILES string of the molecule is CCC1OCCC1CNC(=O)N1CCOC(C(=O)O)C1. The molecule has 2 rings (SSSR count). The minimum atomic E-state index is -1.03. The number of morpholine rings is 1. The molecule has 0 aromatic rings. The molecule has 2 heterocycles. The van der Waals surface area contributed by atoms with Gasteiger partial charge in [0.05, 0.1) is 19.3 Å². The number of carbonyl (C=O) groups excluding carboxylic acids is 1. The van der Waals surface area contributed by atoms with Gasteiger partial charge in [0.1, 0.15) is 0 Å². The van der Waals surface area contributed by atoms with Crippen LogP contribution in [0.2, 0.25) is 0 Å². The minimum Gasteiger partial charge on any atom is -0.479 e. The molecule has 114 valence electrons. The van der Waals surface area contributed by atoms with E-state index < -0.39 is 12.1 Å². The first kappa shape index (κ1) is 15.1. The number of hydrogen-bond acceptors (Lipinski definition) is 4. The van der Waals surface area contributed by atoms with Crippen molar-refractivity contribution in [2.45, 2.75) is 32.0 Å². The Labute approximate surface area is 118 Å². The van der Waals surface area contributed by atoms with E-state index in [4.69, 9.17) is 14.6 Å². The lowest BCUT2D eigenvalue weighted by Crippen LogP contribution is -2.52. The van der Waals surface area contributed by atoms with Crippen LogP contribution in [0.25, 0.3) is 0 Å². The van der Waals surface area contributed by atoms with E-state index in [0.29, 0.717) is 19.0 Å². The lowest BCUT2D eigenvalue weighted by Gasteiger charge is -2.31. The molecule has 0 aliphatic carbocycles. The number of amides is 2. The first-order valence-corrected chi connectivity index (χ1v) is 7.10. The number of hydrogen-bond donors (Lipinski definition) is 2. The van der Waals surface area contributed by atoms with Gasteiger partial charge >= 0.3 is 12.0 Å². The van der Waals surface area contributed by atoms with Crippen LogP contribution in [-0.2, 0) is 14.3 Å². The number of urea groups is 1. The van der Waals surface area contributed by atoms with E-state index in [1.165, 1.54) is 4.90 Å². The molecule has 0 aromatic carbocycles. The number of aliphatic carboxylic acids is 1. The number of nitrogens with one attached hydrogen (secondary N) is 1. The Morgan fingerprint density at radius 1 is 1.35 bits per heavy atom. The summed E-state index contributed by atoms with van der Waals surface area (Å²) in [6, 6.07) is -0.221. The van der Waals surface area contributed by atoms with Crippen molar-refractivity contribution in [1.29, 1.82) is 0 Å². The zero-order valence-corrected chi connectivity index (χ0v) is 11.7. The van der Waals surface area contributed by atoms with Crippen LogP contribution in [0, 0.1) is 5.92 Å². The average molecular weight is 286 g/mol. The highest BCUT2D eigenvalue weighted by Gasteiger charge is 2.31. The van der Waals surface area contributed by atoms with Gasteiger partial charge in [-0.1, -0.05) is 6.92 Å². The quantitative estimate of drug-likeness (QED) is 0.776. The summed E-state index contributed by atoms with van der Waals surface area (Å²) in [5.41, 5.74) is 0. The van der Waals surface area contributed by atoms with Gasteiger partial charge in [-0.05, 0) is 12.8 Å². The molecular weight excluding hydrogens is 264 g/mol. The third kappa shape index (κ3) is 3.61. The molecule has 7 heteroatoms. The van der Waals surface area contributed by atoms with Crippen molar-refractivity contribution in [3.8, 4) is 0 Å². The van der Waals surface area contributed by atoms with Gasteiger partial charge in [-0.25, -0.2) is 9.59 Å².